The van der Waals surface area contributed by atoms with Gasteiger partial charge >= 0.3 is 13.2 Å². The molecular weight excluding hydrogens is 518 g/mol. The summed E-state index contributed by atoms with van der Waals surface area (Å²) < 4.78 is 41.6. The zero-order chi connectivity index (χ0) is 28.6. The van der Waals surface area contributed by atoms with E-state index in [9.17, 15) is 13.2 Å². The van der Waals surface area contributed by atoms with Crippen molar-refractivity contribution < 1.29 is 13.2 Å². The van der Waals surface area contributed by atoms with Gasteiger partial charge in [-0.15, -0.1) is 0 Å². The molecule has 0 N–H and O–H groups in total. The van der Waals surface area contributed by atoms with Crippen LogP contribution in [-0.2, 0) is 6.18 Å². The van der Waals surface area contributed by atoms with E-state index < -0.39 is 11.7 Å². The SMILES string of the molecule is CB1N(c2ccccn2)[C@@H](c2ccccc2)[C@H](c2ccccc2)N1c1ccccc1-c1cc(C)cc(C(F)(F)F)c1. The van der Waals surface area contributed by atoms with Crippen LogP contribution in [0.3, 0.4) is 0 Å². The molecule has 3 nitrogen and oxygen atoms in total. The number of hydrogen-bond donors (Lipinski definition) is 0. The Bertz CT molecular complexity index is 1630. The summed E-state index contributed by atoms with van der Waals surface area (Å²) >= 11 is 0. The molecule has 0 amide bonds. The first-order valence-corrected chi connectivity index (χ1v) is 13.7. The third kappa shape index (κ3) is 5.08. The van der Waals surface area contributed by atoms with Crippen LogP contribution in [0.15, 0.2) is 128 Å². The molecule has 4 aromatic carbocycles. The molecule has 1 aliphatic rings. The molecule has 5 aromatic rings. The fourth-order valence-electron chi connectivity index (χ4n) is 6.13. The minimum Gasteiger partial charge on any atom is -0.387 e. The van der Waals surface area contributed by atoms with E-state index in [1.54, 1.807) is 13.1 Å². The lowest BCUT2D eigenvalue weighted by Crippen LogP contribution is -2.42. The van der Waals surface area contributed by atoms with Crippen molar-refractivity contribution in [2.24, 2.45) is 0 Å². The Balaban J connectivity index is 1.59. The second kappa shape index (κ2) is 10.8. The fourth-order valence-corrected chi connectivity index (χ4v) is 6.13. The first-order chi connectivity index (χ1) is 19.8. The van der Waals surface area contributed by atoms with Crippen molar-refractivity contribution >= 4 is 18.5 Å². The van der Waals surface area contributed by atoms with Crippen molar-refractivity contribution in [1.29, 1.82) is 0 Å². The Hall–Kier alpha value is -4.52. The molecule has 0 aliphatic carbocycles. The molecule has 0 spiro atoms. The van der Waals surface area contributed by atoms with Crippen LogP contribution in [0.1, 0.15) is 34.3 Å². The number of aryl methyl sites for hydroxylation is 1. The molecule has 0 bridgehead atoms. The van der Waals surface area contributed by atoms with Gasteiger partial charge in [0.2, 0.25) is 0 Å². The van der Waals surface area contributed by atoms with Gasteiger partial charge in [0.25, 0.3) is 0 Å². The van der Waals surface area contributed by atoms with E-state index in [1.807, 2.05) is 84.9 Å². The number of hydrogen-bond acceptors (Lipinski definition) is 3. The molecule has 1 aromatic heterocycles. The topological polar surface area (TPSA) is 19.4 Å². The van der Waals surface area contributed by atoms with Crippen LogP contribution in [0.25, 0.3) is 11.1 Å². The van der Waals surface area contributed by atoms with E-state index >= 15 is 0 Å². The molecule has 6 rings (SSSR count). The summed E-state index contributed by atoms with van der Waals surface area (Å²) in [4.78, 5) is 9.41. The summed E-state index contributed by atoms with van der Waals surface area (Å²) in [5.74, 6) is 0.838. The molecule has 2 atom stereocenters. The number of pyridine rings is 1. The Labute approximate surface area is 239 Å². The van der Waals surface area contributed by atoms with Gasteiger partial charge in [0.05, 0.1) is 17.6 Å². The smallest absolute Gasteiger partial charge is 0.387 e. The lowest BCUT2D eigenvalue weighted by atomic mass is 9.75. The molecule has 1 fully saturated rings. The van der Waals surface area contributed by atoms with Gasteiger partial charge in [-0.1, -0.05) is 91.0 Å². The summed E-state index contributed by atoms with van der Waals surface area (Å²) in [6.45, 7) is 3.68. The second-order valence-electron chi connectivity index (χ2n) is 10.4. The number of anilines is 2. The van der Waals surface area contributed by atoms with E-state index in [2.05, 4.69) is 40.7 Å². The molecule has 204 valence electrons. The maximum Gasteiger partial charge on any atom is 0.416 e. The van der Waals surface area contributed by atoms with E-state index in [4.69, 9.17) is 4.98 Å². The summed E-state index contributed by atoms with van der Waals surface area (Å²) in [5, 5.41) is 0. The summed E-state index contributed by atoms with van der Waals surface area (Å²) in [5.41, 5.74) is 4.33. The maximum absolute atomic E-state index is 13.9. The molecule has 0 saturated carbocycles. The predicted octanol–water partition coefficient (Wildman–Crippen LogP) is 9.00. The highest BCUT2D eigenvalue weighted by Gasteiger charge is 2.50. The van der Waals surface area contributed by atoms with Crippen molar-refractivity contribution in [2.75, 3.05) is 9.62 Å². The summed E-state index contributed by atoms with van der Waals surface area (Å²) in [6, 6.07) is 38.4. The van der Waals surface area contributed by atoms with Crippen LogP contribution in [-0.4, -0.2) is 12.0 Å². The van der Waals surface area contributed by atoms with Gasteiger partial charge in [0, 0.05) is 17.4 Å². The number of benzene rings is 4. The standard InChI is InChI=1S/C34H29BF3N3/c1-24-21-27(23-28(22-24)34(36,37)38)29-17-9-10-18-30(29)40-32(25-13-5-3-6-14-25)33(26-15-7-4-8-16-26)41(35(40)2)31-19-11-12-20-39-31/h3-23,32-33H,1-2H3/t32-,33-/m0/s1. The highest BCUT2D eigenvalue weighted by Crippen LogP contribution is 2.51. The second-order valence-corrected chi connectivity index (χ2v) is 10.4. The predicted molar refractivity (Wildman–Crippen MR) is 161 cm³/mol. The summed E-state index contributed by atoms with van der Waals surface area (Å²) in [7, 11) is 0. The monoisotopic (exact) mass is 547 g/mol. The Morgan fingerprint density at radius 1 is 0.683 bits per heavy atom. The third-order valence-corrected chi connectivity index (χ3v) is 7.80. The van der Waals surface area contributed by atoms with E-state index in [0.717, 1.165) is 28.2 Å². The molecule has 2 heterocycles. The molecular formula is C34H29BF3N3. The average molecular weight is 547 g/mol. The number of para-hydroxylation sites is 1. The lowest BCUT2D eigenvalue weighted by molar-refractivity contribution is -0.137. The first-order valence-electron chi connectivity index (χ1n) is 13.7. The molecule has 1 saturated heterocycles. The van der Waals surface area contributed by atoms with E-state index in [1.165, 1.54) is 12.1 Å². The van der Waals surface area contributed by atoms with Crippen molar-refractivity contribution in [3.63, 3.8) is 0 Å². The first kappa shape index (κ1) is 26.7. The van der Waals surface area contributed by atoms with Crippen LogP contribution >= 0.6 is 0 Å². The van der Waals surface area contributed by atoms with Gasteiger partial charge in [-0.05, 0) is 66.3 Å². The number of aromatic nitrogens is 1. The molecule has 7 heteroatoms. The average Bonchev–Trinajstić information content (AvgIpc) is 3.30. The quantitative estimate of drug-likeness (QED) is 0.205. The maximum atomic E-state index is 13.9. The van der Waals surface area contributed by atoms with Crippen LogP contribution in [0, 0.1) is 6.92 Å². The van der Waals surface area contributed by atoms with Gasteiger partial charge in [-0.2, -0.15) is 13.2 Å². The number of alkyl halides is 3. The summed E-state index contributed by atoms with van der Waals surface area (Å²) in [6.07, 6.45) is -2.64. The molecule has 0 radical (unpaired) electrons. The number of rotatable bonds is 5. The van der Waals surface area contributed by atoms with Gasteiger partial charge in [-0.3, -0.25) is 0 Å². The highest BCUT2D eigenvalue weighted by molar-refractivity contribution is 6.67. The molecule has 1 aliphatic heterocycles. The normalized spacial score (nSPS) is 17.2. The number of halogens is 3. The van der Waals surface area contributed by atoms with Crippen LogP contribution in [0.4, 0.5) is 24.7 Å². The van der Waals surface area contributed by atoms with Crippen molar-refractivity contribution in [1.82, 2.24) is 4.98 Å². The van der Waals surface area contributed by atoms with Crippen LogP contribution in [0.2, 0.25) is 6.82 Å². The van der Waals surface area contributed by atoms with Crippen molar-refractivity contribution in [2.45, 2.75) is 32.0 Å². The van der Waals surface area contributed by atoms with Gasteiger partial charge in [0.1, 0.15) is 5.82 Å². The van der Waals surface area contributed by atoms with Crippen molar-refractivity contribution in [3.8, 4) is 11.1 Å². The van der Waals surface area contributed by atoms with Crippen LogP contribution in [0.5, 0.6) is 0 Å². The largest absolute Gasteiger partial charge is 0.416 e. The van der Waals surface area contributed by atoms with Gasteiger partial charge in [0.15, 0.2) is 0 Å². The Morgan fingerprint density at radius 2 is 1.27 bits per heavy atom. The lowest BCUT2D eigenvalue weighted by Gasteiger charge is -2.33. The minimum atomic E-state index is -4.43. The fraction of sp³-hybridized carbons (Fsp3) is 0.147. The van der Waals surface area contributed by atoms with E-state index in [0.29, 0.717) is 11.1 Å². The minimum absolute atomic E-state index is 0.111. The zero-order valence-electron chi connectivity index (χ0n) is 22.8. The van der Waals surface area contributed by atoms with Gasteiger partial charge in [-0.25, -0.2) is 4.98 Å². The Kier molecular flexibility index (Phi) is 7.04. The van der Waals surface area contributed by atoms with Crippen molar-refractivity contribution in [3.05, 3.63) is 150 Å². The third-order valence-electron chi connectivity index (χ3n) is 7.80. The van der Waals surface area contributed by atoms with Gasteiger partial charge < -0.3 is 9.62 Å². The highest BCUT2D eigenvalue weighted by atomic mass is 19.4. The number of nitrogens with zero attached hydrogens (tertiary/aromatic N) is 3. The molecule has 0 unspecified atom stereocenters. The zero-order valence-corrected chi connectivity index (χ0v) is 22.8. The van der Waals surface area contributed by atoms with Crippen LogP contribution < -0.4 is 9.62 Å². The Morgan fingerprint density at radius 3 is 1.88 bits per heavy atom. The molecule has 41 heavy (non-hydrogen) atoms. The van der Waals surface area contributed by atoms with E-state index in [-0.39, 0.29) is 19.1 Å².